The second-order valence-electron chi connectivity index (χ2n) is 5.93. The lowest BCUT2D eigenvalue weighted by Gasteiger charge is -2.27. The molecule has 0 unspecified atom stereocenters. The van der Waals surface area contributed by atoms with Crippen LogP contribution in [0.15, 0.2) is 22.7 Å². The molecule has 1 saturated heterocycles. The van der Waals surface area contributed by atoms with Gasteiger partial charge in [-0.15, -0.1) is 0 Å². The van der Waals surface area contributed by atoms with E-state index in [-0.39, 0.29) is 12.0 Å². The van der Waals surface area contributed by atoms with Gasteiger partial charge in [0.05, 0.1) is 0 Å². The first-order chi connectivity index (χ1) is 10.6. The Bertz CT molecular complexity index is 616. The SMILES string of the molecule is CN1CCC(Cc2nc(Cc3c(F)cccc3F)no2)CC1. The van der Waals surface area contributed by atoms with Gasteiger partial charge in [0.2, 0.25) is 5.89 Å². The second-order valence-corrected chi connectivity index (χ2v) is 5.93. The summed E-state index contributed by atoms with van der Waals surface area (Å²) in [4.78, 5) is 6.58. The van der Waals surface area contributed by atoms with Gasteiger partial charge in [-0.05, 0) is 51.0 Å². The van der Waals surface area contributed by atoms with Crippen molar-refractivity contribution >= 4 is 0 Å². The van der Waals surface area contributed by atoms with Gasteiger partial charge in [-0.25, -0.2) is 8.78 Å². The monoisotopic (exact) mass is 307 g/mol. The zero-order valence-electron chi connectivity index (χ0n) is 12.6. The predicted octanol–water partition coefficient (Wildman–Crippen LogP) is 2.82. The van der Waals surface area contributed by atoms with E-state index in [2.05, 4.69) is 22.1 Å². The first kappa shape index (κ1) is 15.1. The van der Waals surface area contributed by atoms with Gasteiger partial charge in [-0.3, -0.25) is 0 Å². The summed E-state index contributed by atoms with van der Waals surface area (Å²) in [7, 11) is 2.12. The van der Waals surface area contributed by atoms with Crippen LogP contribution < -0.4 is 0 Å². The third-order valence-corrected chi connectivity index (χ3v) is 4.21. The maximum Gasteiger partial charge on any atom is 0.226 e. The first-order valence-corrected chi connectivity index (χ1v) is 7.54. The van der Waals surface area contributed by atoms with Crippen LogP contribution in [0, 0.1) is 17.6 Å². The van der Waals surface area contributed by atoms with Crippen LogP contribution in [0.3, 0.4) is 0 Å². The Kier molecular flexibility index (Phi) is 4.47. The molecule has 1 aromatic carbocycles. The van der Waals surface area contributed by atoms with E-state index in [1.807, 2.05) is 0 Å². The summed E-state index contributed by atoms with van der Waals surface area (Å²) in [6.45, 7) is 2.15. The Morgan fingerprint density at radius 1 is 1.23 bits per heavy atom. The summed E-state index contributed by atoms with van der Waals surface area (Å²) in [5, 5.41) is 3.84. The van der Waals surface area contributed by atoms with E-state index in [1.165, 1.54) is 18.2 Å². The van der Waals surface area contributed by atoms with E-state index in [9.17, 15) is 8.78 Å². The van der Waals surface area contributed by atoms with Crippen LogP contribution in [0.4, 0.5) is 8.78 Å². The minimum atomic E-state index is -0.582. The van der Waals surface area contributed by atoms with Gasteiger partial charge < -0.3 is 9.42 Å². The van der Waals surface area contributed by atoms with Gasteiger partial charge in [0, 0.05) is 18.4 Å². The van der Waals surface area contributed by atoms with Gasteiger partial charge in [-0.1, -0.05) is 11.2 Å². The minimum Gasteiger partial charge on any atom is -0.339 e. The van der Waals surface area contributed by atoms with Crippen molar-refractivity contribution in [3.8, 4) is 0 Å². The van der Waals surface area contributed by atoms with Crippen LogP contribution in [-0.4, -0.2) is 35.2 Å². The lowest BCUT2D eigenvalue weighted by Crippen LogP contribution is -2.30. The van der Waals surface area contributed by atoms with E-state index in [0.29, 0.717) is 17.6 Å². The lowest BCUT2D eigenvalue weighted by atomic mass is 9.94. The van der Waals surface area contributed by atoms with Crippen LogP contribution in [0.1, 0.15) is 30.1 Å². The zero-order chi connectivity index (χ0) is 15.5. The van der Waals surface area contributed by atoms with Crippen molar-refractivity contribution < 1.29 is 13.3 Å². The molecule has 4 nitrogen and oxygen atoms in total. The molecule has 1 aliphatic rings. The summed E-state index contributed by atoms with van der Waals surface area (Å²) in [6.07, 6.45) is 2.96. The molecule has 1 aromatic heterocycles. The fraction of sp³-hybridized carbons (Fsp3) is 0.500. The summed E-state index contributed by atoms with van der Waals surface area (Å²) in [5.41, 5.74) is -0.0193. The molecule has 2 heterocycles. The molecule has 1 fully saturated rings. The number of aromatic nitrogens is 2. The van der Waals surface area contributed by atoms with Crippen molar-refractivity contribution in [3.63, 3.8) is 0 Å². The molecule has 0 amide bonds. The lowest BCUT2D eigenvalue weighted by molar-refractivity contribution is 0.208. The average Bonchev–Trinajstić information content (AvgIpc) is 2.93. The number of piperidine rings is 1. The maximum absolute atomic E-state index is 13.6. The summed E-state index contributed by atoms with van der Waals surface area (Å²) in [6, 6.07) is 3.81. The standard InChI is InChI=1S/C16H19F2N3O/c1-21-7-5-11(6-8-21)9-16-19-15(20-22-16)10-12-13(17)3-2-4-14(12)18/h2-4,11H,5-10H2,1H3. The highest BCUT2D eigenvalue weighted by Gasteiger charge is 2.20. The molecule has 0 radical (unpaired) electrons. The molecule has 2 aromatic rings. The van der Waals surface area contributed by atoms with Crippen LogP contribution in [0.2, 0.25) is 0 Å². The Hall–Kier alpha value is -1.82. The number of hydrogen-bond donors (Lipinski definition) is 0. The van der Waals surface area contributed by atoms with Crippen molar-refractivity contribution in [1.82, 2.24) is 15.0 Å². The average molecular weight is 307 g/mol. The number of hydrogen-bond acceptors (Lipinski definition) is 4. The molecule has 6 heteroatoms. The fourth-order valence-electron chi connectivity index (χ4n) is 2.82. The zero-order valence-corrected chi connectivity index (χ0v) is 12.6. The fourth-order valence-corrected chi connectivity index (χ4v) is 2.82. The van der Waals surface area contributed by atoms with Gasteiger partial charge in [0.25, 0.3) is 0 Å². The van der Waals surface area contributed by atoms with E-state index < -0.39 is 11.6 Å². The van der Waals surface area contributed by atoms with Gasteiger partial charge in [0.15, 0.2) is 5.82 Å². The molecule has 0 atom stereocenters. The molecule has 0 saturated carbocycles. The Morgan fingerprint density at radius 3 is 2.59 bits per heavy atom. The van der Waals surface area contributed by atoms with Crippen LogP contribution in [0.5, 0.6) is 0 Å². The number of likely N-dealkylation sites (tertiary alicyclic amines) is 1. The van der Waals surface area contributed by atoms with E-state index in [0.717, 1.165) is 32.4 Å². The second kappa shape index (κ2) is 6.52. The molecular formula is C16H19F2N3O. The normalized spacial score (nSPS) is 17.0. The number of halogens is 2. The highest BCUT2D eigenvalue weighted by molar-refractivity contribution is 5.22. The third kappa shape index (κ3) is 3.50. The summed E-state index contributed by atoms with van der Waals surface area (Å²) < 4.78 is 32.5. The number of benzene rings is 1. The van der Waals surface area contributed by atoms with Crippen molar-refractivity contribution in [2.45, 2.75) is 25.7 Å². The number of rotatable bonds is 4. The van der Waals surface area contributed by atoms with Gasteiger partial charge in [0.1, 0.15) is 11.6 Å². The Labute approximate surface area is 128 Å². The molecule has 0 bridgehead atoms. The number of nitrogens with zero attached hydrogens (tertiary/aromatic N) is 3. The molecule has 0 aliphatic carbocycles. The topological polar surface area (TPSA) is 42.2 Å². The van der Waals surface area contributed by atoms with Crippen LogP contribution >= 0.6 is 0 Å². The van der Waals surface area contributed by atoms with Gasteiger partial charge >= 0.3 is 0 Å². The third-order valence-electron chi connectivity index (χ3n) is 4.21. The molecule has 22 heavy (non-hydrogen) atoms. The predicted molar refractivity (Wildman–Crippen MR) is 77.4 cm³/mol. The minimum absolute atomic E-state index is 0.00934. The summed E-state index contributed by atoms with van der Waals surface area (Å²) in [5.74, 6) is 0.256. The Balaban J connectivity index is 1.64. The van der Waals surface area contributed by atoms with Crippen molar-refractivity contribution in [1.29, 1.82) is 0 Å². The quantitative estimate of drug-likeness (QED) is 0.871. The van der Waals surface area contributed by atoms with Crippen LogP contribution in [-0.2, 0) is 12.8 Å². The highest BCUT2D eigenvalue weighted by Crippen LogP contribution is 2.21. The van der Waals surface area contributed by atoms with Gasteiger partial charge in [-0.2, -0.15) is 4.98 Å². The maximum atomic E-state index is 13.6. The molecule has 1 aliphatic heterocycles. The first-order valence-electron chi connectivity index (χ1n) is 7.54. The van der Waals surface area contributed by atoms with Crippen LogP contribution in [0.25, 0.3) is 0 Å². The van der Waals surface area contributed by atoms with E-state index in [4.69, 9.17) is 4.52 Å². The van der Waals surface area contributed by atoms with E-state index >= 15 is 0 Å². The molecular weight excluding hydrogens is 288 g/mol. The molecule has 0 N–H and O–H groups in total. The van der Waals surface area contributed by atoms with E-state index in [1.54, 1.807) is 0 Å². The largest absolute Gasteiger partial charge is 0.339 e. The molecule has 3 rings (SSSR count). The summed E-state index contributed by atoms with van der Waals surface area (Å²) >= 11 is 0. The van der Waals surface area contributed by atoms with Crippen molar-refractivity contribution in [2.75, 3.05) is 20.1 Å². The van der Waals surface area contributed by atoms with Crippen molar-refractivity contribution in [3.05, 3.63) is 47.1 Å². The Morgan fingerprint density at radius 2 is 1.91 bits per heavy atom. The highest BCUT2D eigenvalue weighted by atomic mass is 19.1. The smallest absolute Gasteiger partial charge is 0.226 e. The molecule has 0 spiro atoms. The van der Waals surface area contributed by atoms with Crippen molar-refractivity contribution in [2.24, 2.45) is 5.92 Å². The molecule has 118 valence electrons.